The first-order valence-corrected chi connectivity index (χ1v) is 11.2. The van der Waals surface area contributed by atoms with E-state index in [4.69, 9.17) is 18.6 Å². The van der Waals surface area contributed by atoms with Crippen LogP contribution in [-0.2, 0) is 6.54 Å². The molecule has 0 radical (unpaired) electrons. The summed E-state index contributed by atoms with van der Waals surface area (Å²) in [5.41, 5.74) is 2.98. The normalized spacial score (nSPS) is 14.8. The molecule has 0 spiro atoms. The molecule has 1 aliphatic heterocycles. The van der Waals surface area contributed by atoms with Crippen LogP contribution in [0.5, 0.6) is 17.2 Å². The zero-order valence-electron chi connectivity index (χ0n) is 20.0. The van der Waals surface area contributed by atoms with E-state index in [2.05, 4.69) is 0 Å². The standard InChI is InChI=1S/C28H25NO6/c1-16-10-11-20-19(12-16)25(30)23-24(18-13-21(32-2)26(34-4)22(14-18)33-3)29(28(31)27(23)35-20)15-17-8-6-5-7-9-17/h5-14,24H,15H2,1-4H3/t24-/m1/s1. The van der Waals surface area contributed by atoms with Crippen molar-refractivity contribution in [2.45, 2.75) is 19.5 Å². The van der Waals surface area contributed by atoms with Gasteiger partial charge in [0.25, 0.3) is 5.91 Å². The van der Waals surface area contributed by atoms with Crippen LogP contribution in [0.2, 0.25) is 0 Å². The average molecular weight is 472 g/mol. The van der Waals surface area contributed by atoms with Crippen LogP contribution in [0.3, 0.4) is 0 Å². The van der Waals surface area contributed by atoms with Crippen LogP contribution in [0.4, 0.5) is 0 Å². The lowest BCUT2D eigenvalue weighted by atomic mass is 9.97. The van der Waals surface area contributed by atoms with Crippen LogP contribution in [0, 0.1) is 6.92 Å². The van der Waals surface area contributed by atoms with Crippen molar-refractivity contribution < 1.29 is 23.4 Å². The molecule has 0 bridgehead atoms. The topological polar surface area (TPSA) is 78.2 Å². The number of rotatable bonds is 6. The Morgan fingerprint density at radius 1 is 0.886 bits per heavy atom. The van der Waals surface area contributed by atoms with E-state index in [9.17, 15) is 9.59 Å². The largest absolute Gasteiger partial charge is 0.493 e. The third kappa shape index (κ3) is 3.69. The van der Waals surface area contributed by atoms with Gasteiger partial charge in [0.1, 0.15) is 5.58 Å². The second kappa shape index (κ2) is 8.83. The molecular weight excluding hydrogens is 446 g/mol. The molecule has 1 atom stereocenters. The minimum Gasteiger partial charge on any atom is -0.493 e. The Kier molecular flexibility index (Phi) is 5.68. The Hall–Kier alpha value is -4.26. The van der Waals surface area contributed by atoms with Gasteiger partial charge in [-0.1, -0.05) is 42.0 Å². The fraction of sp³-hybridized carbons (Fsp3) is 0.214. The van der Waals surface area contributed by atoms with Gasteiger partial charge in [-0.25, -0.2) is 0 Å². The molecule has 0 saturated carbocycles. The van der Waals surface area contributed by atoms with Gasteiger partial charge in [0.2, 0.25) is 11.5 Å². The van der Waals surface area contributed by atoms with Crippen molar-refractivity contribution in [1.82, 2.24) is 4.90 Å². The van der Waals surface area contributed by atoms with Crippen molar-refractivity contribution in [3.63, 3.8) is 0 Å². The molecule has 0 unspecified atom stereocenters. The predicted molar refractivity (Wildman–Crippen MR) is 131 cm³/mol. The minimum absolute atomic E-state index is 0.0565. The summed E-state index contributed by atoms with van der Waals surface area (Å²) in [6, 6.07) is 17.8. The van der Waals surface area contributed by atoms with Crippen LogP contribution < -0.4 is 19.6 Å². The fourth-order valence-corrected chi connectivity index (χ4v) is 4.68. The SMILES string of the molecule is COc1cc([C@@H]2c3c(oc4ccc(C)cc4c3=O)C(=O)N2Cc2ccccc2)cc(OC)c1OC. The van der Waals surface area contributed by atoms with E-state index in [0.29, 0.717) is 45.9 Å². The number of hydrogen-bond donors (Lipinski definition) is 0. The van der Waals surface area contributed by atoms with Gasteiger partial charge < -0.3 is 23.5 Å². The monoisotopic (exact) mass is 471 g/mol. The molecule has 1 amide bonds. The number of ether oxygens (including phenoxy) is 3. The summed E-state index contributed by atoms with van der Waals surface area (Å²) in [6.45, 7) is 2.20. The molecule has 0 aliphatic carbocycles. The van der Waals surface area contributed by atoms with Crippen molar-refractivity contribution in [3.05, 3.63) is 98.9 Å². The highest BCUT2D eigenvalue weighted by Crippen LogP contribution is 2.45. The summed E-state index contributed by atoms with van der Waals surface area (Å²) in [6.07, 6.45) is 0. The van der Waals surface area contributed by atoms with Gasteiger partial charge in [-0.05, 0) is 42.3 Å². The molecule has 178 valence electrons. The molecule has 0 N–H and O–H groups in total. The van der Waals surface area contributed by atoms with Gasteiger partial charge in [0.05, 0.1) is 38.3 Å². The number of carbonyl (C=O) groups is 1. The number of hydrogen-bond acceptors (Lipinski definition) is 6. The molecule has 2 heterocycles. The maximum absolute atomic E-state index is 13.8. The van der Waals surface area contributed by atoms with Gasteiger partial charge in [0, 0.05) is 6.54 Å². The van der Waals surface area contributed by atoms with Crippen molar-refractivity contribution in [2.75, 3.05) is 21.3 Å². The first-order chi connectivity index (χ1) is 17.0. The molecule has 0 saturated heterocycles. The predicted octanol–water partition coefficient (Wildman–Crippen LogP) is 4.87. The van der Waals surface area contributed by atoms with Crippen molar-refractivity contribution in [3.8, 4) is 17.2 Å². The molecule has 35 heavy (non-hydrogen) atoms. The van der Waals surface area contributed by atoms with Crippen LogP contribution in [0.1, 0.15) is 38.9 Å². The number of amides is 1. The molecular formula is C28H25NO6. The zero-order chi connectivity index (χ0) is 24.7. The van der Waals surface area contributed by atoms with E-state index >= 15 is 0 Å². The van der Waals surface area contributed by atoms with Crippen LogP contribution >= 0.6 is 0 Å². The summed E-state index contributed by atoms with van der Waals surface area (Å²) in [7, 11) is 4.58. The molecule has 7 nitrogen and oxygen atoms in total. The summed E-state index contributed by atoms with van der Waals surface area (Å²) >= 11 is 0. The lowest BCUT2D eigenvalue weighted by Gasteiger charge is -2.26. The minimum atomic E-state index is -0.701. The first kappa shape index (κ1) is 22.5. The molecule has 5 rings (SSSR count). The first-order valence-electron chi connectivity index (χ1n) is 11.2. The van der Waals surface area contributed by atoms with Gasteiger partial charge in [-0.3, -0.25) is 9.59 Å². The number of nitrogens with zero attached hydrogens (tertiary/aromatic N) is 1. The Morgan fingerprint density at radius 3 is 2.20 bits per heavy atom. The maximum atomic E-state index is 13.8. The number of fused-ring (bicyclic) bond motifs is 2. The molecule has 1 aliphatic rings. The van der Waals surface area contributed by atoms with E-state index in [1.165, 1.54) is 21.3 Å². The smallest absolute Gasteiger partial charge is 0.291 e. The lowest BCUT2D eigenvalue weighted by Crippen LogP contribution is -2.29. The Balaban J connectivity index is 1.78. The van der Waals surface area contributed by atoms with Crippen molar-refractivity contribution in [2.24, 2.45) is 0 Å². The van der Waals surface area contributed by atoms with E-state index in [0.717, 1.165) is 11.1 Å². The van der Waals surface area contributed by atoms with Gasteiger partial charge in [-0.15, -0.1) is 0 Å². The Labute approximate surface area is 202 Å². The number of benzene rings is 3. The highest BCUT2D eigenvalue weighted by atomic mass is 16.5. The quantitative estimate of drug-likeness (QED) is 0.399. The van der Waals surface area contributed by atoms with E-state index in [-0.39, 0.29) is 17.1 Å². The van der Waals surface area contributed by atoms with E-state index in [1.54, 1.807) is 29.2 Å². The molecule has 4 aromatic rings. The second-order valence-corrected chi connectivity index (χ2v) is 8.45. The van der Waals surface area contributed by atoms with Gasteiger partial charge in [0.15, 0.2) is 16.9 Å². The highest BCUT2D eigenvalue weighted by Gasteiger charge is 2.43. The van der Waals surface area contributed by atoms with E-state index in [1.807, 2.05) is 43.3 Å². The zero-order valence-corrected chi connectivity index (χ0v) is 20.0. The van der Waals surface area contributed by atoms with E-state index < -0.39 is 6.04 Å². The van der Waals surface area contributed by atoms with Gasteiger partial charge >= 0.3 is 0 Å². The Bertz CT molecular complexity index is 1470. The number of aryl methyl sites for hydroxylation is 1. The fourth-order valence-electron chi connectivity index (χ4n) is 4.68. The highest BCUT2D eigenvalue weighted by molar-refractivity contribution is 5.99. The molecule has 0 fully saturated rings. The summed E-state index contributed by atoms with van der Waals surface area (Å²) in [5, 5.41) is 0.440. The molecule has 7 heteroatoms. The summed E-state index contributed by atoms with van der Waals surface area (Å²) in [4.78, 5) is 29.1. The maximum Gasteiger partial charge on any atom is 0.291 e. The average Bonchev–Trinajstić information content (AvgIpc) is 3.15. The Morgan fingerprint density at radius 2 is 1.57 bits per heavy atom. The third-order valence-electron chi connectivity index (χ3n) is 6.32. The van der Waals surface area contributed by atoms with Gasteiger partial charge in [-0.2, -0.15) is 0 Å². The second-order valence-electron chi connectivity index (χ2n) is 8.45. The number of carbonyl (C=O) groups excluding carboxylic acids is 1. The van der Waals surface area contributed by atoms with Crippen LogP contribution in [0.15, 0.2) is 69.9 Å². The van der Waals surface area contributed by atoms with Crippen LogP contribution in [0.25, 0.3) is 11.0 Å². The van der Waals surface area contributed by atoms with Crippen molar-refractivity contribution >= 4 is 16.9 Å². The summed E-state index contributed by atoms with van der Waals surface area (Å²) in [5.74, 6) is 1.01. The lowest BCUT2D eigenvalue weighted by molar-refractivity contribution is 0.0714. The molecule has 3 aromatic carbocycles. The third-order valence-corrected chi connectivity index (χ3v) is 6.32. The summed E-state index contributed by atoms with van der Waals surface area (Å²) < 4.78 is 22.6. The van der Waals surface area contributed by atoms with Crippen LogP contribution in [-0.4, -0.2) is 32.1 Å². The number of methoxy groups -OCH3 is 3. The van der Waals surface area contributed by atoms with Crippen molar-refractivity contribution in [1.29, 1.82) is 0 Å². The molecule has 1 aromatic heterocycles.